The fourth-order valence-corrected chi connectivity index (χ4v) is 3.54. The van der Waals surface area contributed by atoms with Crippen molar-refractivity contribution in [2.24, 2.45) is 11.8 Å². The van der Waals surface area contributed by atoms with Crippen LogP contribution in [0.25, 0.3) is 17.6 Å². The lowest BCUT2D eigenvalue weighted by Gasteiger charge is -2.09. The Labute approximate surface area is 165 Å². The highest BCUT2D eigenvalue weighted by atomic mass is 35.5. The van der Waals surface area contributed by atoms with Crippen LogP contribution < -0.4 is 10.6 Å². The number of fused-ring (bicyclic) bond motifs is 1. The zero-order chi connectivity index (χ0) is 19.2. The van der Waals surface area contributed by atoms with Crippen molar-refractivity contribution in [3.05, 3.63) is 41.7 Å². The molecular formula is C18H19ClF3N5O. The molecule has 28 heavy (non-hydrogen) atoms. The van der Waals surface area contributed by atoms with Crippen molar-refractivity contribution < 1.29 is 18.0 Å². The quantitative estimate of drug-likeness (QED) is 0.755. The van der Waals surface area contributed by atoms with Crippen LogP contribution in [0.2, 0.25) is 0 Å². The minimum Gasteiger partial charge on any atom is -0.349 e. The smallest absolute Gasteiger partial charge is 0.349 e. The molecule has 2 unspecified atom stereocenters. The van der Waals surface area contributed by atoms with Gasteiger partial charge in [0, 0.05) is 37.0 Å². The molecule has 1 aromatic carbocycles. The average Bonchev–Trinajstić information content (AvgIpc) is 3.02. The zero-order valence-electron chi connectivity index (χ0n) is 14.9. The first-order chi connectivity index (χ1) is 12.8. The lowest BCUT2D eigenvalue weighted by molar-refractivity contribution is -0.137. The van der Waals surface area contributed by atoms with Crippen molar-refractivity contribution in [1.29, 1.82) is 0 Å². The Bertz CT molecular complexity index is 901. The minimum absolute atomic E-state index is 0. The van der Waals surface area contributed by atoms with Gasteiger partial charge >= 0.3 is 6.18 Å². The molecular weight excluding hydrogens is 395 g/mol. The third kappa shape index (κ3) is 4.20. The molecule has 2 N–H and O–H groups in total. The van der Waals surface area contributed by atoms with Crippen LogP contribution in [0, 0.1) is 18.8 Å². The summed E-state index contributed by atoms with van der Waals surface area (Å²) >= 11 is 0. The number of carbonyl (C=O) groups is 1. The van der Waals surface area contributed by atoms with Crippen LogP contribution in [0.15, 0.2) is 30.6 Å². The number of amides is 1. The second-order valence-corrected chi connectivity index (χ2v) is 6.97. The summed E-state index contributed by atoms with van der Waals surface area (Å²) in [5.41, 5.74) is 0.000963. The summed E-state index contributed by atoms with van der Waals surface area (Å²) in [5, 5.41) is 10.3. The van der Waals surface area contributed by atoms with Crippen molar-refractivity contribution >= 4 is 24.5 Å². The first kappa shape index (κ1) is 20.3. The van der Waals surface area contributed by atoms with Crippen LogP contribution in [0.4, 0.5) is 13.2 Å². The maximum Gasteiger partial charge on any atom is 0.416 e. The van der Waals surface area contributed by atoms with Gasteiger partial charge in [-0.15, -0.1) is 17.5 Å². The van der Waals surface area contributed by atoms with E-state index in [0.29, 0.717) is 17.4 Å². The SMILES string of the molecule is Cc1cc(-c2ncn(/C=C\C(=O)NC3C4CNCC43)n2)cc(C(F)(F)F)c1.Cl. The molecule has 1 saturated heterocycles. The molecule has 1 amide bonds. The highest BCUT2D eigenvalue weighted by Crippen LogP contribution is 2.41. The molecule has 6 nitrogen and oxygen atoms in total. The van der Waals surface area contributed by atoms with E-state index in [2.05, 4.69) is 20.7 Å². The fraction of sp³-hybridized carbons (Fsp3) is 0.389. The summed E-state index contributed by atoms with van der Waals surface area (Å²) in [6.45, 7) is 3.45. The average molecular weight is 414 g/mol. The van der Waals surface area contributed by atoms with E-state index in [1.165, 1.54) is 23.3 Å². The van der Waals surface area contributed by atoms with E-state index in [0.717, 1.165) is 25.2 Å². The van der Waals surface area contributed by atoms with Gasteiger partial charge < -0.3 is 10.6 Å². The summed E-state index contributed by atoms with van der Waals surface area (Å²) in [6, 6.07) is 3.91. The van der Waals surface area contributed by atoms with Gasteiger partial charge in [-0.2, -0.15) is 13.2 Å². The number of aromatic nitrogens is 3. The molecule has 2 fully saturated rings. The second kappa shape index (κ2) is 7.56. The van der Waals surface area contributed by atoms with Crippen LogP contribution in [-0.2, 0) is 11.0 Å². The Morgan fingerprint density at radius 2 is 2.00 bits per heavy atom. The van der Waals surface area contributed by atoms with Crippen LogP contribution in [0.1, 0.15) is 11.1 Å². The first-order valence-electron chi connectivity index (χ1n) is 8.61. The van der Waals surface area contributed by atoms with Gasteiger partial charge in [0.25, 0.3) is 0 Å². The van der Waals surface area contributed by atoms with E-state index in [1.807, 2.05) is 0 Å². The number of hydrogen-bond acceptors (Lipinski definition) is 4. The highest BCUT2D eigenvalue weighted by molar-refractivity contribution is 5.90. The number of halogens is 4. The van der Waals surface area contributed by atoms with Gasteiger partial charge in [-0.05, 0) is 42.5 Å². The van der Waals surface area contributed by atoms with Crippen LogP contribution >= 0.6 is 12.4 Å². The van der Waals surface area contributed by atoms with Crippen molar-refractivity contribution in [2.45, 2.75) is 19.1 Å². The molecule has 1 aromatic heterocycles. The number of aryl methyl sites for hydroxylation is 1. The summed E-state index contributed by atoms with van der Waals surface area (Å²) in [6.07, 6.45) is -0.303. The number of piperidine rings is 1. The molecule has 0 radical (unpaired) electrons. The molecule has 0 spiro atoms. The third-order valence-corrected chi connectivity index (χ3v) is 4.95. The number of rotatable bonds is 4. The number of alkyl halides is 3. The van der Waals surface area contributed by atoms with Crippen molar-refractivity contribution in [3.8, 4) is 11.4 Å². The Morgan fingerprint density at radius 3 is 2.68 bits per heavy atom. The molecule has 1 saturated carbocycles. The van der Waals surface area contributed by atoms with Gasteiger partial charge in [-0.1, -0.05) is 0 Å². The molecule has 4 rings (SSSR count). The standard InChI is InChI=1S/C18H18F3N5O.ClH/c1-10-4-11(6-12(5-10)18(19,20)21)17-23-9-26(25-17)3-2-15(27)24-16-13-7-22-8-14(13)16;/h2-6,9,13-14,16,22H,7-8H2,1H3,(H,24,27);1H/b3-2-;. The van der Waals surface area contributed by atoms with Crippen LogP contribution in [0.3, 0.4) is 0 Å². The van der Waals surface area contributed by atoms with Crippen molar-refractivity contribution in [2.75, 3.05) is 13.1 Å². The van der Waals surface area contributed by atoms with E-state index in [1.54, 1.807) is 13.0 Å². The van der Waals surface area contributed by atoms with Gasteiger partial charge in [-0.3, -0.25) is 4.79 Å². The largest absolute Gasteiger partial charge is 0.416 e. The monoisotopic (exact) mass is 413 g/mol. The Kier molecular flexibility index (Phi) is 5.49. The van der Waals surface area contributed by atoms with Gasteiger partial charge in [0.2, 0.25) is 5.91 Å². The van der Waals surface area contributed by atoms with Crippen molar-refractivity contribution in [1.82, 2.24) is 25.4 Å². The predicted octanol–water partition coefficient (Wildman–Crippen LogP) is 2.50. The maximum atomic E-state index is 13.0. The molecule has 2 aliphatic rings. The number of nitrogens with one attached hydrogen (secondary N) is 2. The van der Waals surface area contributed by atoms with Crippen molar-refractivity contribution in [3.63, 3.8) is 0 Å². The third-order valence-electron chi connectivity index (χ3n) is 4.95. The Morgan fingerprint density at radius 1 is 1.29 bits per heavy atom. The number of carbonyl (C=O) groups excluding carboxylic acids is 1. The van der Waals surface area contributed by atoms with Gasteiger partial charge in [-0.25, -0.2) is 9.67 Å². The highest BCUT2D eigenvalue weighted by Gasteiger charge is 2.53. The van der Waals surface area contributed by atoms with Gasteiger partial charge in [0.05, 0.1) is 5.56 Å². The van der Waals surface area contributed by atoms with E-state index >= 15 is 0 Å². The summed E-state index contributed by atoms with van der Waals surface area (Å²) in [5.74, 6) is 0.979. The second-order valence-electron chi connectivity index (χ2n) is 6.97. The van der Waals surface area contributed by atoms with E-state index in [9.17, 15) is 18.0 Å². The topological polar surface area (TPSA) is 71.8 Å². The lowest BCUT2D eigenvalue weighted by atomic mass is 10.1. The first-order valence-corrected chi connectivity index (χ1v) is 8.61. The molecule has 2 heterocycles. The summed E-state index contributed by atoms with van der Waals surface area (Å²) in [4.78, 5) is 16.0. The van der Waals surface area contributed by atoms with Crippen LogP contribution in [0.5, 0.6) is 0 Å². The predicted molar refractivity (Wildman–Crippen MR) is 99.6 cm³/mol. The van der Waals surface area contributed by atoms with E-state index in [4.69, 9.17) is 0 Å². The molecule has 150 valence electrons. The number of nitrogens with zero attached hydrogens (tertiary/aromatic N) is 3. The Hall–Kier alpha value is -2.39. The minimum atomic E-state index is -4.43. The number of benzene rings is 1. The fourth-order valence-electron chi connectivity index (χ4n) is 3.54. The summed E-state index contributed by atoms with van der Waals surface area (Å²) < 4.78 is 40.2. The molecule has 0 bridgehead atoms. The van der Waals surface area contributed by atoms with Gasteiger partial charge in [0.15, 0.2) is 5.82 Å². The normalized spacial score (nSPS) is 23.4. The van der Waals surface area contributed by atoms with Crippen LogP contribution in [-0.4, -0.2) is 39.8 Å². The maximum absolute atomic E-state index is 13.0. The summed E-state index contributed by atoms with van der Waals surface area (Å²) in [7, 11) is 0. The molecule has 1 aliphatic carbocycles. The lowest BCUT2D eigenvalue weighted by Crippen LogP contribution is -2.31. The Balaban J connectivity index is 0.00000225. The molecule has 2 atom stereocenters. The zero-order valence-corrected chi connectivity index (χ0v) is 15.7. The molecule has 2 aromatic rings. The van der Waals surface area contributed by atoms with E-state index in [-0.39, 0.29) is 35.7 Å². The molecule has 10 heteroatoms. The number of hydrogen-bond donors (Lipinski definition) is 2. The van der Waals surface area contributed by atoms with Gasteiger partial charge in [0.1, 0.15) is 6.33 Å². The van der Waals surface area contributed by atoms with E-state index < -0.39 is 11.7 Å². The molecule has 1 aliphatic heterocycles.